The van der Waals surface area contributed by atoms with Crippen LogP contribution in [0, 0.1) is 12.7 Å². The quantitative estimate of drug-likeness (QED) is 0.794. The van der Waals surface area contributed by atoms with Gasteiger partial charge in [-0.3, -0.25) is 4.90 Å². The van der Waals surface area contributed by atoms with Gasteiger partial charge in [-0.25, -0.2) is 4.39 Å². The third-order valence-corrected chi connectivity index (χ3v) is 3.49. The van der Waals surface area contributed by atoms with Crippen molar-refractivity contribution < 1.29 is 4.39 Å². The number of likely N-dealkylation sites (N-methyl/N-ethyl adjacent to an activating group) is 1. The van der Waals surface area contributed by atoms with Crippen LogP contribution in [-0.2, 0) is 6.54 Å². The zero-order chi connectivity index (χ0) is 12.4. The smallest absolute Gasteiger partial charge is 0.123 e. The van der Waals surface area contributed by atoms with Gasteiger partial charge in [0.1, 0.15) is 5.82 Å². The predicted molar refractivity (Wildman–Crippen MR) is 68.5 cm³/mol. The van der Waals surface area contributed by atoms with Crippen molar-refractivity contribution in [1.29, 1.82) is 0 Å². The van der Waals surface area contributed by atoms with Gasteiger partial charge in [-0.2, -0.15) is 0 Å². The Balaban J connectivity index is 1.98. The van der Waals surface area contributed by atoms with Crippen LogP contribution in [0.1, 0.15) is 17.5 Å². The number of nitrogens with zero attached hydrogens (tertiary/aromatic N) is 2. The molecule has 1 aromatic rings. The molecule has 1 aliphatic heterocycles. The van der Waals surface area contributed by atoms with Crippen LogP contribution in [0.25, 0.3) is 0 Å². The Morgan fingerprint density at radius 2 is 2.12 bits per heavy atom. The third-order valence-electron chi connectivity index (χ3n) is 3.49. The lowest BCUT2D eigenvalue weighted by Gasteiger charge is -2.20. The van der Waals surface area contributed by atoms with Crippen molar-refractivity contribution in [3.8, 4) is 0 Å². The monoisotopic (exact) mass is 236 g/mol. The van der Waals surface area contributed by atoms with Crippen molar-refractivity contribution >= 4 is 0 Å². The average Bonchev–Trinajstić information content (AvgIpc) is 2.64. The summed E-state index contributed by atoms with van der Waals surface area (Å²) in [5.41, 5.74) is 2.09. The first-order valence-corrected chi connectivity index (χ1v) is 6.19. The normalized spacial score (nSPS) is 21.4. The SMILES string of the molecule is Cc1cc(F)cc(CN2CCC(N(C)C)C2)c1. The fourth-order valence-corrected chi connectivity index (χ4v) is 2.54. The van der Waals surface area contributed by atoms with E-state index in [1.807, 2.05) is 6.92 Å². The molecule has 1 aromatic carbocycles. The second-order valence-corrected chi connectivity index (χ2v) is 5.28. The second kappa shape index (κ2) is 5.15. The molecule has 1 heterocycles. The lowest BCUT2D eigenvalue weighted by atomic mass is 10.1. The number of hydrogen-bond donors (Lipinski definition) is 0. The molecule has 1 atom stereocenters. The van der Waals surface area contributed by atoms with Crippen LogP contribution in [0.3, 0.4) is 0 Å². The van der Waals surface area contributed by atoms with Gasteiger partial charge < -0.3 is 4.90 Å². The lowest BCUT2D eigenvalue weighted by molar-refractivity contribution is 0.264. The van der Waals surface area contributed by atoms with E-state index >= 15 is 0 Å². The topological polar surface area (TPSA) is 6.48 Å². The molecule has 0 amide bonds. The van der Waals surface area contributed by atoms with E-state index < -0.39 is 0 Å². The molecule has 2 nitrogen and oxygen atoms in total. The van der Waals surface area contributed by atoms with Gasteiger partial charge in [-0.1, -0.05) is 6.07 Å². The molecular formula is C14H21FN2. The van der Waals surface area contributed by atoms with Crippen molar-refractivity contribution in [1.82, 2.24) is 9.80 Å². The Morgan fingerprint density at radius 1 is 1.35 bits per heavy atom. The van der Waals surface area contributed by atoms with Crippen molar-refractivity contribution in [2.45, 2.75) is 25.9 Å². The molecular weight excluding hydrogens is 215 g/mol. The molecule has 2 rings (SSSR count). The summed E-state index contributed by atoms with van der Waals surface area (Å²) < 4.78 is 13.3. The highest BCUT2D eigenvalue weighted by Crippen LogP contribution is 2.17. The lowest BCUT2D eigenvalue weighted by Crippen LogP contribution is -2.31. The van der Waals surface area contributed by atoms with E-state index in [1.165, 1.54) is 6.42 Å². The van der Waals surface area contributed by atoms with Gasteiger partial charge in [0.15, 0.2) is 0 Å². The van der Waals surface area contributed by atoms with E-state index in [9.17, 15) is 4.39 Å². The predicted octanol–water partition coefficient (Wildman–Crippen LogP) is 2.27. The molecule has 0 aliphatic carbocycles. The maximum absolute atomic E-state index is 13.3. The molecule has 1 aliphatic rings. The molecule has 94 valence electrons. The number of benzene rings is 1. The standard InChI is InChI=1S/C14H21FN2/c1-11-6-12(8-13(15)7-11)9-17-5-4-14(10-17)16(2)3/h6-8,14H,4-5,9-10H2,1-3H3. The fourth-order valence-electron chi connectivity index (χ4n) is 2.54. The molecule has 0 bridgehead atoms. The minimum absolute atomic E-state index is 0.122. The molecule has 1 unspecified atom stereocenters. The van der Waals surface area contributed by atoms with Gasteiger partial charge >= 0.3 is 0 Å². The summed E-state index contributed by atoms with van der Waals surface area (Å²) in [6.07, 6.45) is 1.21. The first-order valence-electron chi connectivity index (χ1n) is 6.19. The van der Waals surface area contributed by atoms with E-state index in [0.717, 1.165) is 30.8 Å². The first-order chi connectivity index (χ1) is 8.04. The van der Waals surface area contributed by atoms with Gasteiger partial charge in [-0.05, 0) is 50.7 Å². The number of likely N-dealkylation sites (tertiary alicyclic amines) is 1. The molecule has 0 radical (unpaired) electrons. The summed E-state index contributed by atoms with van der Waals surface area (Å²) in [6.45, 7) is 5.00. The van der Waals surface area contributed by atoms with Crippen molar-refractivity contribution in [3.63, 3.8) is 0 Å². The van der Waals surface area contributed by atoms with Gasteiger partial charge in [0.2, 0.25) is 0 Å². The van der Waals surface area contributed by atoms with E-state index in [4.69, 9.17) is 0 Å². The minimum atomic E-state index is -0.122. The highest BCUT2D eigenvalue weighted by atomic mass is 19.1. The molecule has 17 heavy (non-hydrogen) atoms. The van der Waals surface area contributed by atoms with Crippen LogP contribution < -0.4 is 0 Å². The van der Waals surface area contributed by atoms with Crippen LogP contribution in [0.2, 0.25) is 0 Å². The van der Waals surface area contributed by atoms with Gasteiger partial charge in [-0.15, -0.1) is 0 Å². The van der Waals surface area contributed by atoms with Crippen LogP contribution >= 0.6 is 0 Å². The summed E-state index contributed by atoms with van der Waals surface area (Å²) in [4.78, 5) is 4.68. The third kappa shape index (κ3) is 3.27. The Hall–Kier alpha value is -0.930. The van der Waals surface area contributed by atoms with Gasteiger partial charge in [0.25, 0.3) is 0 Å². The molecule has 0 spiro atoms. The van der Waals surface area contributed by atoms with E-state index in [2.05, 4.69) is 30.0 Å². The van der Waals surface area contributed by atoms with E-state index in [-0.39, 0.29) is 5.82 Å². The highest BCUT2D eigenvalue weighted by molar-refractivity contribution is 5.23. The second-order valence-electron chi connectivity index (χ2n) is 5.28. The van der Waals surface area contributed by atoms with E-state index in [1.54, 1.807) is 12.1 Å². The average molecular weight is 236 g/mol. The molecule has 0 N–H and O–H groups in total. The summed E-state index contributed by atoms with van der Waals surface area (Å²) in [5.74, 6) is -0.122. The Morgan fingerprint density at radius 3 is 2.71 bits per heavy atom. The maximum Gasteiger partial charge on any atom is 0.123 e. The van der Waals surface area contributed by atoms with Crippen molar-refractivity contribution in [2.75, 3.05) is 27.2 Å². The number of rotatable bonds is 3. The molecule has 1 fully saturated rings. The van der Waals surface area contributed by atoms with Crippen LogP contribution in [0.4, 0.5) is 4.39 Å². The van der Waals surface area contributed by atoms with Crippen LogP contribution in [0.5, 0.6) is 0 Å². The summed E-state index contributed by atoms with van der Waals surface area (Å²) >= 11 is 0. The molecule has 0 aromatic heterocycles. The Labute approximate surface area is 103 Å². The largest absolute Gasteiger partial charge is 0.305 e. The van der Waals surface area contributed by atoms with Crippen molar-refractivity contribution in [2.24, 2.45) is 0 Å². The molecule has 1 saturated heterocycles. The van der Waals surface area contributed by atoms with Gasteiger partial charge in [0, 0.05) is 25.7 Å². The Bertz CT molecular complexity index is 370. The first kappa shape index (κ1) is 12.5. The zero-order valence-electron chi connectivity index (χ0n) is 10.9. The number of halogens is 1. The maximum atomic E-state index is 13.3. The minimum Gasteiger partial charge on any atom is -0.305 e. The van der Waals surface area contributed by atoms with E-state index in [0.29, 0.717) is 6.04 Å². The van der Waals surface area contributed by atoms with Crippen LogP contribution in [0.15, 0.2) is 18.2 Å². The number of hydrogen-bond acceptors (Lipinski definition) is 2. The van der Waals surface area contributed by atoms with Gasteiger partial charge in [0.05, 0.1) is 0 Å². The summed E-state index contributed by atoms with van der Waals surface area (Å²) in [5, 5.41) is 0. The molecule has 3 heteroatoms. The summed E-state index contributed by atoms with van der Waals surface area (Å²) in [6, 6.07) is 5.95. The number of aryl methyl sites for hydroxylation is 1. The van der Waals surface area contributed by atoms with Crippen molar-refractivity contribution in [3.05, 3.63) is 35.1 Å². The van der Waals surface area contributed by atoms with Crippen LogP contribution in [-0.4, -0.2) is 43.0 Å². The molecule has 0 saturated carbocycles. The summed E-state index contributed by atoms with van der Waals surface area (Å²) in [7, 11) is 4.25. The highest BCUT2D eigenvalue weighted by Gasteiger charge is 2.23. The zero-order valence-corrected chi connectivity index (χ0v) is 10.9. The fraction of sp³-hybridized carbons (Fsp3) is 0.571. The Kier molecular flexibility index (Phi) is 3.79.